The van der Waals surface area contributed by atoms with Crippen LogP contribution in [0.4, 0.5) is 5.69 Å². The summed E-state index contributed by atoms with van der Waals surface area (Å²) in [5.41, 5.74) is 7.37. The summed E-state index contributed by atoms with van der Waals surface area (Å²) < 4.78 is 5.11. The van der Waals surface area contributed by atoms with E-state index in [1.807, 2.05) is 0 Å². The minimum absolute atomic E-state index is 0.00785. The lowest BCUT2D eigenvalue weighted by Crippen LogP contribution is -2.23. The molecule has 0 aromatic heterocycles. The van der Waals surface area contributed by atoms with Gasteiger partial charge in [0.2, 0.25) is 5.75 Å². The minimum Gasteiger partial charge on any atom is -0.500 e. The average molecular weight is 284 g/mol. The van der Waals surface area contributed by atoms with Crippen LogP contribution in [0.25, 0.3) is 0 Å². The van der Waals surface area contributed by atoms with Gasteiger partial charge in [-0.15, -0.1) is 0 Å². The van der Waals surface area contributed by atoms with Crippen LogP contribution in [-0.4, -0.2) is 28.0 Å². The number of hydrazone groups is 1. The quantitative estimate of drug-likeness (QED) is 0.317. The first-order chi connectivity index (χ1) is 8.95. The lowest BCUT2D eigenvalue weighted by Gasteiger charge is -2.07. The van der Waals surface area contributed by atoms with Crippen molar-refractivity contribution in [1.29, 1.82) is 0 Å². The molecule has 1 aromatic carbocycles. The van der Waals surface area contributed by atoms with E-state index in [2.05, 4.69) is 22.7 Å². The summed E-state index contributed by atoms with van der Waals surface area (Å²) in [5, 5.41) is 24.1. The number of thiocarbonyl (C=S) groups is 1. The molecule has 0 saturated carbocycles. The van der Waals surface area contributed by atoms with Crippen molar-refractivity contribution in [3.05, 3.63) is 27.8 Å². The normalized spacial score (nSPS) is 10.4. The molecule has 9 heteroatoms. The van der Waals surface area contributed by atoms with Gasteiger partial charge in [0.05, 0.1) is 17.7 Å². The number of ether oxygens (including phenoxy) is 1. The molecule has 0 spiro atoms. The molecular weight excluding hydrogens is 272 g/mol. The van der Waals surface area contributed by atoms with Crippen LogP contribution in [0.3, 0.4) is 0 Å². The predicted octanol–water partition coefficient (Wildman–Crippen LogP) is 0.866. The lowest BCUT2D eigenvalue weighted by atomic mass is 10.2. The van der Waals surface area contributed by atoms with Crippen LogP contribution in [0.5, 0.6) is 11.5 Å². The Kier molecular flexibility index (Phi) is 5.01. The van der Waals surface area contributed by atoms with Gasteiger partial charge in [-0.1, -0.05) is 0 Å². The third-order valence-electron chi connectivity index (χ3n) is 1.96. The second kappa shape index (κ2) is 6.50. The first-order valence-electron chi connectivity index (χ1n) is 5.18. The fourth-order valence-electron chi connectivity index (χ4n) is 1.26. The zero-order valence-corrected chi connectivity index (χ0v) is 10.8. The van der Waals surface area contributed by atoms with E-state index in [0.717, 1.165) is 6.07 Å². The Bertz CT molecular complexity index is 533. The SMILES string of the molecule is CCOc1cc(C=NNC(N)=S)cc([N+](=O)[O-])c1O. The molecule has 102 valence electrons. The molecule has 0 bridgehead atoms. The van der Waals surface area contributed by atoms with Gasteiger partial charge in [0.1, 0.15) is 0 Å². The van der Waals surface area contributed by atoms with Crippen molar-refractivity contribution in [2.75, 3.05) is 6.61 Å². The van der Waals surface area contributed by atoms with E-state index < -0.39 is 16.4 Å². The molecule has 8 nitrogen and oxygen atoms in total. The second-order valence-electron chi connectivity index (χ2n) is 3.31. The number of nitrogens with two attached hydrogens (primary N) is 1. The van der Waals surface area contributed by atoms with Crippen molar-refractivity contribution in [3.8, 4) is 11.5 Å². The van der Waals surface area contributed by atoms with Crippen LogP contribution in [0.2, 0.25) is 0 Å². The highest BCUT2D eigenvalue weighted by molar-refractivity contribution is 7.80. The molecule has 0 aliphatic rings. The largest absolute Gasteiger partial charge is 0.500 e. The van der Waals surface area contributed by atoms with Crippen molar-refractivity contribution in [2.24, 2.45) is 10.8 Å². The molecule has 0 amide bonds. The van der Waals surface area contributed by atoms with Crippen molar-refractivity contribution >= 4 is 29.2 Å². The van der Waals surface area contributed by atoms with Crippen molar-refractivity contribution in [2.45, 2.75) is 6.92 Å². The Morgan fingerprint density at radius 1 is 1.74 bits per heavy atom. The summed E-state index contributed by atoms with van der Waals surface area (Å²) >= 11 is 4.55. The maximum atomic E-state index is 10.8. The molecule has 0 unspecified atom stereocenters. The van der Waals surface area contributed by atoms with Crippen LogP contribution in [-0.2, 0) is 0 Å². The number of benzene rings is 1. The standard InChI is InChI=1S/C10H12N4O4S/c1-2-18-8-4-6(5-12-13-10(11)19)3-7(9(8)15)14(16)17/h3-5,15H,2H2,1H3,(H3,11,13,19). The number of nitro groups is 1. The van der Waals surface area contributed by atoms with Gasteiger partial charge in [0, 0.05) is 11.6 Å². The molecule has 0 radical (unpaired) electrons. The number of phenolic OH excluding ortho intramolecular Hbond substituents is 1. The van der Waals surface area contributed by atoms with Crippen LogP contribution in [0.15, 0.2) is 17.2 Å². The van der Waals surface area contributed by atoms with Crippen LogP contribution < -0.4 is 15.9 Å². The van der Waals surface area contributed by atoms with Crippen LogP contribution >= 0.6 is 12.2 Å². The summed E-state index contributed by atoms with van der Waals surface area (Å²) in [6.45, 7) is 1.96. The molecule has 0 saturated heterocycles. The van der Waals surface area contributed by atoms with Crippen molar-refractivity contribution in [3.63, 3.8) is 0 Å². The van der Waals surface area contributed by atoms with E-state index in [1.165, 1.54) is 12.3 Å². The van der Waals surface area contributed by atoms with E-state index in [4.69, 9.17) is 10.5 Å². The zero-order valence-electron chi connectivity index (χ0n) is 9.99. The topological polar surface area (TPSA) is 123 Å². The number of nitro benzene ring substituents is 1. The summed E-state index contributed by atoms with van der Waals surface area (Å²) in [4.78, 5) is 10.1. The first kappa shape index (κ1) is 14.6. The third-order valence-corrected chi connectivity index (χ3v) is 2.05. The zero-order chi connectivity index (χ0) is 14.4. The van der Waals surface area contributed by atoms with Crippen molar-refractivity contribution in [1.82, 2.24) is 5.43 Å². The third kappa shape index (κ3) is 4.07. The highest BCUT2D eigenvalue weighted by Gasteiger charge is 2.19. The van der Waals surface area contributed by atoms with E-state index in [9.17, 15) is 15.2 Å². The highest BCUT2D eigenvalue weighted by Crippen LogP contribution is 2.36. The number of hydrogen-bond donors (Lipinski definition) is 3. The van der Waals surface area contributed by atoms with Gasteiger partial charge < -0.3 is 15.6 Å². The molecule has 4 N–H and O–H groups in total. The van der Waals surface area contributed by atoms with E-state index in [1.54, 1.807) is 6.92 Å². The Labute approximate surface area is 114 Å². The maximum Gasteiger partial charge on any atom is 0.315 e. The lowest BCUT2D eigenvalue weighted by molar-refractivity contribution is -0.386. The molecule has 0 heterocycles. The summed E-state index contributed by atoms with van der Waals surface area (Å²) in [5.74, 6) is -0.514. The highest BCUT2D eigenvalue weighted by atomic mass is 32.1. The molecule has 1 rings (SSSR count). The van der Waals surface area contributed by atoms with Gasteiger partial charge in [0.25, 0.3) is 0 Å². The fourth-order valence-corrected chi connectivity index (χ4v) is 1.32. The van der Waals surface area contributed by atoms with Gasteiger partial charge in [0.15, 0.2) is 10.9 Å². The second-order valence-corrected chi connectivity index (χ2v) is 3.75. The predicted molar refractivity (Wildman–Crippen MR) is 73.4 cm³/mol. The number of phenols is 1. The summed E-state index contributed by atoms with van der Waals surface area (Å²) in [6.07, 6.45) is 1.27. The maximum absolute atomic E-state index is 10.8. The number of aromatic hydroxyl groups is 1. The Hall–Kier alpha value is -2.42. The number of nitrogens with one attached hydrogen (secondary N) is 1. The Balaban J connectivity index is 3.14. The molecule has 1 aromatic rings. The van der Waals surface area contributed by atoms with Gasteiger partial charge in [-0.3, -0.25) is 15.5 Å². The molecule has 0 aliphatic carbocycles. The van der Waals surface area contributed by atoms with Gasteiger partial charge in [-0.2, -0.15) is 5.10 Å². The smallest absolute Gasteiger partial charge is 0.315 e. The number of nitrogens with zero attached hydrogens (tertiary/aromatic N) is 2. The Morgan fingerprint density at radius 2 is 2.42 bits per heavy atom. The summed E-state index contributed by atoms with van der Waals surface area (Å²) in [6, 6.07) is 2.57. The van der Waals surface area contributed by atoms with Crippen LogP contribution in [0.1, 0.15) is 12.5 Å². The molecule has 0 aliphatic heterocycles. The summed E-state index contributed by atoms with van der Waals surface area (Å²) in [7, 11) is 0. The van der Waals surface area contributed by atoms with Crippen molar-refractivity contribution < 1.29 is 14.8 Å². The average Bonchev–Trinajstić information content (AvgIpc) is 2.32. The van der Waals surface area contributed by atoms with Crippen LogP contribution in [0, 0.1) is 10.1 Å². The molecule has 0 atom stereocenters. The molecule has 0 fully saturated rings. The number of hydrogen-bond acceptors (Lipinski definition) is 6. The molecule has 19 heavy (non-hydrogen) atoms. The fraction of sp³-hybridized carbons (Fsp3) is 0.200. The molecular formula is C10H12N4O4S. The van der Waals surface area contributed by atoms with E-state index in [0.29, 0.717) is 5.56 Å². The van der Waals surface area contributed by atoms with Gasteiger partial charge in [-0.05, 0) is 25.2 Å². The minimum atomic E-state index is -0.712. The Morgan fingerprint density at radius 3 is 2.95 bits per heavy atom. The van der Waals surface area contributed by atoms with E-state index in [-0.39, 0.29) is 17.5 Å². The van der Waals surface area contributed by atoms with Gasteiger partial charge >= 0.3 is 5.69 Å². The van der Waals surface area contributed by atoms with E-state index >= 15 is 0 Å². The van der Waals surface area contributed by atoms with Gasteiger partial charge in [-0.25, -0.2) is 0 Å². The first-order valence-corrected chi connectivity index (χ1v) is 5.59. The number of rotatable bonds is 5. The monoisotopic (exact) mass is 284 g/mol.